The molecule has 17 heavy (non-hydrogen) atoms. The topological polar surface area (TPSA) is 47.9 Å². The molecule has 94 valence electrons. The molecule has 1 aliphatic heterocycles. The van der Waals surface area contributed by atoms with Gasteiger partial charge in [-0.1, -0.05) is 0 Å². The maximum atomic E-state index is 13.1. The summed E-state index contributed by atoms with van der Waals surface area (Å²) in [5.41, 5.74) is 0. The van der Waals surface area contributed by atoms with Gasteiger partial charge in [0.05, 0.1) is 6.61 Å². The predicted molar refractivity (Wildman–Crippen MR) is 58.5 cm³/mol. The lowest BCUT2D eigenvalue weighted by Crippen LogP contribution is -2.39. The molecule has 4 nitrogen and oxygen atoms in total. The van der Waals surface area contributed by atoms with Crippen molar-refractivity contribution < 1.29 is 23.7 Å². The van der Waals surface area contributed by atoms with Crippen LogP contribution in [0, 0.1) is 5.82 Å². The molecule has 0 radical (unpaired) electrons. The highest BCUT2D eigenvalue weighted by Crippen LogP contribution is 2.25. The van der Waals surface area contributed by atoms with Crippen LogP contribution in [0.4, 0.5) is 4.39 Å². The summed E-state index contributed by atoms with van der Waals surface area (Å²) in [4.78, 5) is 0. The van der Waals surface area contributed by atoms with Crippen LogP contribution in [0.3, 0.4) is 0 Å². The fourth-order valence-corrected chi connectivity index (χ4v) is 1.76. The Bertz CT molecular complexity index is 383. The molecule has 2 atom stereocenters. The Balaban J connectivity index is 2.05. The van der Waals surface area contributed by atoms with Crippen LogP contribution in [0.5, 0.6) is 11.5 Å². The van der Waals surface area contributed by atoms with Crippen LogP contribution in [0.15, 0.2) is 18.2 Å². The van der Waals surface area contributed by atoms with Gasteiger partial charge < -0.3 is 19.3 Å². The number of ether oxygens (including phenoxy) is 3. The minimum absolute atomic E-state index is 0.152. The summed E-state index contributed by atoms with van der Waals surface area (Å²) >= 11 is 0. The van der Waals surface area contributed by atoms with Gasteiger partial charge in [0, 0.05) is 13.2 Å². The van der Waals surface area contributed by atoms with Crippen molar-refractivity contribution in [2.45, 2.75) is 25.2 Å². The number of aromatic hydroxyl groups is 1. The number of methoxy groups -OCH3 is 1. The normalized spacial score (nSPS) is 24.6. The standard InChI is InChI=1S/C12H15FO4/c1-15-11-3-2-6-16-12(11)17-8-4-5-10(14)9(13)7-8/h4-5,7,11-12,14H,2-3,6H2,1H3/t11-,12?/m1/s1. The van der Waals surface area contributed by atoms with E-state index < -0.39 is 17.9 Å². The van der Waals surface area contributed by atoms with Gasteiger partial charge in [0.15, 0.2) is 11.6 Å². The summed E-state index contributed by atoms with van der Waals surface area (Å²) in [6.07, 6.45) is 1.09. The molecule has 5 heteroatoms. The maximum absolute atomic E-state index is 13.1. The van der Waals surface area contributed by atoms with Crippen LogP contribution in [-0.4, -0.2) is 31.2 Å². The first kappa shape index (κ1) is 12.1. The number of phenols is 1. The van der Waals surface area contributed by atoms with Crippen LogP contribution in [0.2, 0.25) is 0 Å². The van der Waals surface area contributed by atoms with Crippen LogP contribution < -0.4 is 4.74 Å². The maximum Gasteiger partial charge on any atom is 0.226 e. The molecule has 1 unspecified atom stereocenters. The van der Waals surface area contributed by atoms with Gasteiger partial charge in [0.1, 0.15) is 11.9 Å². The van der Waals surface area contributed by atoms with Gasteiger partial charge in [-0.05, 0) is 25.0 Å². The third kappa shape index (κ3) is 2.87. The second-order valence-corrected chi connectivity index (χ2v) is 3.89. The fraction of sp³-hybridized carbons (Fsp3) is 0.500. The van der Waals surface area contributed by atoms with Gasteiger partial charge in [0.25, 0.3) is 0 Å². The molecule has 2 rings (SSSR count). The van der Waals surface area contributed by atoms with Crippen molar-refractivity contribution in [3.8, 4) is 11.5 Å². The Kier molecular flexibility index (Phi) is 3.81. The molecule has 1 heterocycles. The summed E-state index contributed by atoms with van der Waals surface area (Å²) in [5, 5.41) is 9.06. The third-order valence-corrected chi connectivity index (χ3v) is 2.69. The van der Waals surface area contributed by atoms with Crippen molar-refractivity contribution in [3.63, 3.8) is 0 Å². The van der Waals surface area contributed by atoms with E-state index in [0.29, 0.717) is 12.4 Å². The first-order chi connectivity index (χ1) is 8.20. The first-order valence-electron chi connectivity index (χ1n) is 5.50. The van der Waals surface area contributed by atoms with Crippen molar-refractivity contribution in [1.82, 2.24) is 0 Å². The zero-order valence-corrected chi connectivity index (χ0v) is 9.56. The summed E-state index contributed by atoms with van der Waals surface area (Å²) in [7, 11) is 1.59. The minimum atomic E-state index is -0.715. The quantitative estimate of drug-likeness (QED) is 0.881. The highest BCUT2D eigenvalue weighted by atomic mass is 19.1. The van der Waals surface area contributed by atoms with Gasteiger partial charge in [-0.3, -0.25) is 0 Å². The van der Waals surface area contributed by atoms with Gasteiger partial charge in [-0.25, -0.2) is 4.39 Å². The largest absolute Gasteiger partial charge is 0.505 e. The zero-order chi connectivity index (χ0) is 12.3. The van der Waals surface area contributed by atoms with Crippen LogP contribution in [0.25, 0.3) is 0 Å². The molecule has 1 N–H and O–H groups in total. The van der Waals surface area contributed by atoms with Gasteiger partial charge in [-0.15, -0.1) is 0 Å². The second-order valence-electron chi connectivity index (χ2n) is 3.89. The van der Waals surface area contributed by atoms with E-state index in [1.54, 1.807) is 7.11 Å². The molecule has 1 aromatic carbocycles. The second kappa shape index (κ2) is 5.33. The Labute approximate surface area is 98.9 Å². The highest BCUT2D eigenvalue weighted by molar-refractivity contribution is 5.32. The molecular weight excluding hydrogens is 227 g/mol. The number of benzene rings is 1. The number of phenolic OH excluding ortho intramolecular Hbond substituents is 1. The van der Waals surface area contributed by atoms with Crippen molar-refractivity contribution in [2.75, 3.05) is 13.7 Å². The van der Waals surface area contributed by atoms with E-state index >= 15 is 0 Å². The summed E-state index contributed by atoms with van der Waals surface area (Å²) in [6, 6.07) is 3.86. The lowest BCUT2D eigenvalue weighted by molar-refractivity contribution is -0.179. The lowest BCUT2D eigenvalue weighted by Gasteiger charge is -2.30. The molecule has 0 amide bonds. The van der Waals surface area contributed by atoms with Gasteiger partial charge in [0.2, 0.25) is 6.29 Å². The van der Waals surface area contributed by atoms with Crippen molar-refractivity contribution in [1.29, 1.82) is 0 Å². The molecule has 0 spiro atoms. The number of hydrogen-bond acceptors (Lipinski definition) is 4. The van der Waals surface area contributed by atoms with E-state index in [1.807, 2.05) is 0 Å². The SMILES string of the molecule is CO[C@@H]1CCCOC1Oc1ccc(O)c(F)c1. The van der Waals surface area contributed by atoms with E-state index in [4.69, 9.17) is 19.3 Å². The van der Waals surface area contributed by atoms with Gasteiger partial charge >= 0.3 is 0 Å². The summed E-state index contributed by atoms with van der Waals surface area (Å²) < 4.78 is 29.3. The number of hydrogen-bond donors (Lipinski definition) is 1. The van der Waals surface area contributed by atoms with Crippen LogP contribution >= 0.6 is 0 Å². The van der Waals surface area contributed by atoms with Crippen molar-refractivity contribution in [2.24, 2.45) is 0 Å². The lowest BCUT2D eigenvalue weighted by atomic mass is 10.1. The van der Waals surface area contributed by atoms with Crippen molar-refractivity contribution >= 4 is 0 Å². The molecule has 1 aromatic rings. The molecule has 1 saturated heterocycles. The van der Waals surface area contributed by atoms with Crippen LogP contribution in [-0.2, 0) is 9.47 Å². The number of halogens is 1. The Hall–Kier alpha value is -1.33. The summed E-state index contributed by atoms with van der Waals surface area (Å²) in [6.45, 7) is 0.602. The molecule has 0 aliphatic carbocycles. The van der Waals surface area contributed by atoms with E-state index in [2.05, 4.69) is 0 Å². The zero-order valence-electron chi connectivity index (χ0n) is 9.56. The molecule has 0 bridgehead atoms. The fourth-order valence-electron chi connectivity index (χ4n) is 1.76. The Morgan fingerprint density at radius 3 is 3.00 bits per heavy atom. The predicted octanol–water partition coefficient (Wildman–Crippen LogP) is 2.06. The average Bonchev–Trinajstić information content (AvgIpc) is 2.34. The Morgan fingerprint density at radius 1 is 1.47 bits per heavy atom. The van der Waals surface area contributed by atoms with E-state index in [0.717, 1.165) is 18.9 Å². The first-order valence-corrected chi connectivity index (χ1v) is 5.50. The van der Waals surface area contributed by atoms with Crippen LogP contribution in [0.1, 0.15) is 12.8 Å². The highest BCUT2D eigenvalue weighted by Gasteiger charge is 2.27. The monoisotopic (exact) mass is 242 g/mol. The Morgan fingerprint density at radius 2 is 2.29 bits per heavy atom. The van der Waals surface area contributed by atoms with E-state index in [-0.39, 0.29) is 6.10 Å². The third-order valence-electron chi connectivity index (χ3n) is 2.69. The molecule has 1 aliphatic rings. The molecular formula is C12H15FO4. The average molecular weight is 242 g/mol. The summed E-state index contributed by atoms with van der Waals surface area (Å²) in [5.74, 6) is -0.799. The van der Waals surface area contributed by atoms with Gasteiger partial charge in [-0.2, -0.15) is 0 Å². The van der Waals surface area contributed by atoms with E-state index in [9.17, 15) is 4.39 Å². The van der Waals surface area contributed by atoms with E-state index in [1.165, 1.54) is 12.1 Å². The smallest absolute Gasteiger partial charge is 0.226 e. The minimum Gasteiger partial charge on any atom is -0.505 e. The van der Waals surface area contributed by atoms with Crippen molar-refractivity contribution in [3.05, 3.63) is 24.0 Å². The molecule has 0 aromatic heterocycles. The molecule has 1 fully saturated rings. The molecule has 0 saturated carbocycles. The number of rotatable bonds is 3.